The Morgan fingerprint density at radius 2 is 2.20 bits per heavy atom. The molecule has 1 aromatic carbocycles. The number of para-hydroxylation sites is 1. The summed E-state index contributed by atoms with van der Waals surface area (Å²) in [6, 6.07) is 8.99. The summed E-state index contributed by atoms with van der Waals surface area (Å²) in [6.07, 6.45) is 2.63. The van der Waals surface area contributed by atoms with Gasteiger partial charge in [-0.2, -0.15) is 0 Å². The molecule has 0 unspecified atom stereocenters. The average molecular weight is 340 g/mol. The molecule has 25 heavy (non-hydrogen) atoms. The van der Waals surface area contributed by atoms with Gasteiger partial charge in [0.1, 0.15) is 17.1 Å². The van der Waals surface area contributed by atoms with Crippen LogP contribution >= 0.6 is 0 Å². The summed E-state index contributed by atoms with van der Waals surface area (Å²) in [6.45, 7) is 2.98. The van der Waals surface area contributed by atoms with Crippen LogP contribution in [0.5, 0.6) is 5.75 Å². The smallest absolute Gasteiger partial charge is 0.276 e. The standard InChI is InChI=1S/C19H20N2O4/c1-2-5-13-10-15(20-25-13)18(23)21-9-8-19(12-21)11-16(22)14-6-3-4-7-17(14)24-19/h3-4,6-7,10H,2,5,8-9,11-12H2,1H3/t19-/m0/s1. The Labute approximate surface area is 145 Å². The van der Waals surface area contributed by atoms with Crippen molar-refractivity contribution in [1.82, 2.24) is 10.1 Å². The van der Waals surface area contributed by atoms with Crippen molar-refractivity contribution in [2.75, 3.05) is 13.1 Å². The van der Waals surface area contributed by atoms with E-state index in [4.69, 9.17) is 9.26 Å². The number of carbonyl (C=O) groups excluding carboxylic acids is 2. The van der Waals surface area contributed by atoms with Gasteiger partial charge in [-0.25, -0.2) is 0 Å². The number of aromatic nitrogens is 1. The minimum Gasteiger partial charge on any atom is -0.484 e. The third-order valence-corrected chi connectivity index (χ3v) is 4.87. The third-order valence-electron chi connectivity index (χ3n) is 4.87. The van der Waals surface area contributed by atoms with Crippen LogP contribution in [0.15, 0.2) is 34.9 Å². The average Bonchev–Trinajstić information content (AvgIpc) is 3.22. The van der Waals surface area contributed by atoms with Crippen molar-refractivity contribution >= 4 is 11.7 Å². The number of fused-ring (bicyclic) bond motifs is 1. The summed E-state index contributed by atoms with van der Waals surface area (Å²) >= 11 is 0. The highest BCUT2D eigenvalue weighted by molar-refractivity contribution is 6.00. The monoisotopic (exact) mass is 340 g/mol. The zero-order chi connectivity index (χ0) is 17.4. The summed E-state index contributed by atoms with van der Waals surface area (Å²) in [5, 5.41) is 3.89. The molecule has 1 spiro atoms. The lowest BCUT2D eigenvalue weighted by atomic mass is 9.89. The van der Waals surface area contributed by atoms with Gasteiger partial charge >= 0.3 is 0 Å². The lowest BCUT2D eigenvalue weighted by Gasteiger charge is -2.34. The number of aryl methyl sites for hydroxylation is 1. The molecule has 1 saturated heterocycles. The van der Waals surface area contributed by atoms with Crippen LogP contribution in [0.3, 0.4) is 0 Å². The Morgan fingerprint density at radius 1 is 1.36 bits per heavy atom. The van der Waals surface area contributed by atoms with E-state index < -0.39 is 5.60 Å². The second-order valence-corrected chi connectivity index (χ2v) is 6.79. The van der Waals surface area contributed by atoms with Crippen molar-refractivity contribution in [3.05, 3.63) is 47.3 Å². The lowest BCUT2D eigenvalue weighted by molar-refractivity contribution is 0.0426. The number of amides is 1. The van der Waals surface area contributed by atoms with Crippen molar-refractivity contribution in [1.29, 1.82) is 0 Å². The molecule has 2 aromatic rings. The van der Waals surface area contributed by atoms with Gasteiger partial charge in [0.25, 0.3) is 5.91 Å². The summed E-state index contributed by atoms with van der Waals surface area (Å²) < 4.78 is 11.4. The summed E-state index contributed by atoms with van der Waals surface area (Å²) in [7, 11) is 0. The van der Waals surface area contributed by atoms with Crippen molar-refractivity contribution in [2.45, 2.75) is 38.2 Å². The van der Waals surface area contributed by atoms with Crippen LogP contribution in [0, 0.1) is 0 Å². The van der Waals surface area contributed by atoms with E-state index in [2.05, 4.69) is 5.16 Å². The first-order chi connectivity index (χ1) is 12.1. The number of likely N-dealkylation sites (tertiary alicyclic amines) is 1. The van der Waals surface area contributed by atoms with Gasteiger partial charge in [0.15, 0.2) is 11.5 Å². The first-order valence-electron chi connectivity index (χ1n) is 8.66. The SMILES string of the molecule is CCCc1cc(C(=O)N2CC[C@]3(CC(=O)c4ccccc4O3)C2)no1. The minimum absolute atomic E-state index is 0.0721. The predicted molar refractivity (Wildman–Crippen MR) is 89.8 cm³/mol. The highest BCUT2D eigenvalue weighted by Gasteiger charge is 2.47. The fourth-order valence-corrected chi connectivity index (χ4v) is 3.63. The fourth-order valence-electron chi connectivity index (χ4n) is 3.63. The van der Waals surface area contributed by atoms with Crippen LogP contribution in [0.2, 0.25) is 0 Å². The maximum absolute atomic E-state index is 12.7. The summed E-state index contributed by atoms with van der Waals surface area (Å²) in [5.41, 5.74) is 0.318. The van der Waals surface area contributed by atoms with Gasteiger partial charge in [0, 0.05) is 25.5 Å². The normalized spacial score (nSPS) is 22.1. The van der Waals surface area contributed by atoms with Gasteiger partial charge in [-0.15, -0.1) is 0 Å². The molecule has 0 N–H and O–H groups in total. The highest BCUT2D eigenvalue weighted by atomic mass is 16.5. The van der Waals surface area contributed by atoms with Crippen molar-refractivity contribution in [3.8, 4) is 5.75 Å². The Kier molecular flexibility index (Phi) is 3.82. The van der Waals surface area contributed by atoms with Crippen molar-refractivity contribution in [3.63, 3.8) is 0 Å². The molecule has 1 atom stereocenters. The van der Waals surface area contributed by atoms with Gasteiger partial charge < -0.3 is 14.2 Å². The second kappa shape index (κ2) is 6.02. The lowest BCUT2D eigenvalue weighted by Crippen LogP contribution is -2.45. The molecule has 1 amide bonds. The second-order valence-electron chi connectivity index (χ2n) is 6.79. The molecule has 6 heteroatoms. The van der Waals surface area contributed by atoms with Crippen LogP contribution in [-0.4, -0.2) is 40.4 Å². The molecular weight excluding hydrogens is 320 g/mol. The number of Topliss-reactive ketones (excluding diaryl/α,β-unsaturated/α-hetero) is 1. The minimum atomic E-state index is -0.628. The number of nitrogens with zero attached hydrogens (tertiary/aromatic N) is 2. The summed E-state index contributed by atoms with van der Waals surface area (Å²) in [5.74, 6) is 1.23. The number of benzene rings is 1. The van der Waals surface area contributed by atoms with Gasteiger partial charge in [-0.1, -0.05) is 24.2 Å². The molecule has 0 bridgehead atoms. The highest BCUT2D eigenvalue weighted by Crippen LogP contribution is 2.38. The molecular formula is C19H20N2O4. The number of carbonyl (C=O) groups is 2. The molecule has 0 radical (unpaired) electrons. The van der Waals surface area contributed by atoms with Gasteiger partial charge in [-0.3, -0.25) is 9.59 Å². The van der Waals surface area contributed by atoms with Crippen molar-refractivity contribution < 1.29 is 18.8 Å². The van der Waals surface area contributed by atoms with Crippen LogP contribution < -0.4 is 4.74 Å². The zero-order valence-electron chi connectivity index (χ0n) is 14.2. The Morgan fingerprint density at radius 3 is 3.04 bits per heavy atom. The number of hydrogen-bond acceptors (Lipinski definition) is 5. The van der Waals surface area contributed by atoms with E-state index in [-0.39, 0.29) is 11.7 Å². The summed E-state index contributed by atoms with van der Waals surface area (Å²) in [4.78, 5) is 26.8. The van der Waals surface area contributed by atoms with Gasteiger partial charge in [-0.05, 0) is 18.6 Å². The Hall–Kier alpha value is -2.63. The molecule has 2 aliphatic heterocycles. The van der Waals surface area contributed by atoms with E-state index >= 15 is 0 Å². The fraction of sp³-hybridized carbons (Fsp3) is 0.421. The first-order valence-corrected chi connectivity index (χ1v) is 8.66. The molecule has 1 aromatic heterocycles. The molecule has 1 fully saturated rings. The maximum atomic E-state index is 12.7. The molecule has 0 aliphatic carbocycles. The van der Waals surface area contributed by atoms with Crippen LogP contribution in [0.4, 0.5) is 0 Å². The number of rotatable bonds is 3. The van der Waals surface area contributed by atoms with Crippen LogP contribution in [-0.2, 0) is 6.42 Å². The number of hydrogen-bond donors (Lipinski definition) is 0. The molecule has 3 heterocycles. The zero-order valence-corrected chi connectivity index (χ0v) is 14.2. The third kappa shape index (κ3) is 2.81. The molecule has 2 aliphatic rings. The predicted octanol–water partition coefficient (Wildman–Crippen LogP) is 2.88. The molecule has 6 nitrogen and oxygen atoms in total. The Bertz CT molecular complexity index is 828. The molecule has 0 saturated carbocycles. The van der Waals surface area contributed by atoms with E-state index in [0.717, 1.165) is 18.6 Å². The van der Waals surface area contributed by atoms with E-state index in [9.17, 15) is 9.59 Å². The molecule has 130 valence electrons. The van der Waals surface area contributed by atoms with Crippen molar-refractivity contribution in [2.24, 2.45) is 0 Å². The first kappa shape index (κ1) is 15.9. The number of ether oxygens (including phenoxy) is 1. The topological polar surface area (TPSA) is 72.6 Å². The molecule has 4 rings (SSSR count). The maximum Gasteiger partial charge on any atom is 0.276 e. The largest absolute Gasteiger partial charge is 0.484 e. The quantitative estimate of drug-likeness (QED) is 0.859. The van der Waals surface area contributed by atoms with Gasteiger partial charge in [0.2, 0.25) is 0 Å². The van der Waals surface area contributed by atoms with E-state index in [1.165, 1.54) is 0 Å². The number of ketones is 1. The van der Waals surface area contributed by atoms with E-state index in [1.54, 1.807) is 17.0 Å². The van der Waals surface area contributed by atoms with E-state index in [0.29, 0.717) is 42.9 Å². The van der Waals surface area contributed by atoms with Crippen LogP contribution in [0.1, 0.15) is 52.8 Å². The van der Waals surface area contributed by atoms with Gasteiger partial charge in [0.05, 0.1) is 18.5 Å². The Balaban J connectivity index is 1.51. The van der Waals surface area contributed by atoms with Crippen LogP contribution in [0.25, 0.3) is 0 Å². The van der Waals surface area contributed by atoms with E-state index in [1.807, 2.05) is 25.1 Å².